The molecule has 0 aromatic heterocycles. The molecule has 1 saturated heterocycles. The van der Waals surface area contributed by atoms with E-state index < -0.39 is 93.4 Å². The highest BCUT2D eigenvalue weighted by atomic mass is 32.2. The van der Waals surface area contributed by atoms with Crippen molar-refractivity contribution in [2.45, 2.75) is 28.2 Å². The largest absolute Gasteiger partial charge is 0.453 e. The van der Waals surface area contributed by atoms with E-state index >= 15 is 0 Å². The van der Waals surface area contributed by atoms with Crippen molar-refractivity contribution in [3.05, 3.63) is 70.3 Å². The number of carbonyl (C=O) groups excluding carboxylic acids is 4. The number of nitrogen functional groups attached to an aromatic ring is 2. The second kappa shape index (κ2) is 8.98. The molecule has 6 rings (SSSR count). The Morgan fingerprint density at radius 2 is 1.47 bits per heavy atom. The molecule has 43 heavy (non-hydrogen) atoms. The van der Waals surface area contributed by atoms with Crippen LogP contribution in [0, 0.1) is 0 Å². The summed E-state index contributed by atoms with van der Waals surface area (Å²) in [6.45, 7) is 0. The maximum absolute atomic E-state index is 13.6. The number of amides is 2. The van der Waals surface area contributed by atoms with Crippen molar-refractivity contribution in [2.24, 2.45) is 0 Å². The van der Waals surface area contributed by atoms with Crippen molar-refractivity contribution in [3.8, 4) is 11.5 Å². The van der Waals surface area contributed by atoms with Gasteiger partial charge in [0.25, 0.3) is 32.1 Å². The number of anilines is 2. The lowest BCUT2D eigenvalue weighted by molar-refractivity contribution is -0.172. The molecular formula is C25H17N3O13S2. The Hall–Kier alpha value is -5.04. The number of rotatable bonds is 4. The summed E-state index contributed by atoms with van der Waals surface area (Å²) in [5.74, 6) is -6.03. The molecule has 2 amide bonds. The van der Waals surface area contributed by atoms with Crippen molar-refractivity contribution < 1.29 is 59.4 Å². The van der Waals surface area contributed by atoms with Crippen LogP contribution < -0.4 is 16.2 Å². The molecule has 0 bridgehead atoms. The zero-order chi connectivity index (χ0) is 31.2. The highest BCUT2D eigenvalue weighted by Crippen LogP contribution is 2.60. The molecular weight excluding hydrogens is 614 g/mol. The first-order valence-electron chi connectivity index (χ1n) is 12.0. The van der Waals surface area contributed by atoms with Crippen LogP contribution in [0.15, 0.2) is 52.3 Å². The molecule has 1 spiro atoms. The monoisotopic (exact) mass is 631 g/mol. The van der Waals surface area contributed by atoms with E-state index in [-0.39, 0.29) is 34.6 Å². The van der Waals surface area contributed by atoms with Crippen LogP contribution in [0.2, 0.25) is 0 Å². The first-order chi connectivity index (χ1) is 20.1. The molecule has 0 radical (unpaired) electrons. The standard InChI is InChI=1S/C25H17N3O13S2/c26-14-6-5-13-19(21(14)42(33,34)35)39-20-18(25(13)12-4-2-1-3-10(12)23(31)40-25)11(9-15(27)22(20)43(36,37)38)24(32)41-28-16(29)7-8-17(28)30/h1-6,9H,7-8,26-27H2,(H,33,34,35)(H,36,37,38). The van der Waals surface area contributed by atoms with E-state index in [9.17, 15) is 45.1 Å². The van der Waals surface area contributed by atoms with Crippen molar-refractivity contribution >= 4 is 55.4 Å². The van der Waals surface area contributed by atoms with Gasteiger partial charge < -0.3 is 25.8 Å². The van der Waals surface area contributed by atoms with Crippen LogP contribution in [0.4, 0.5) is 11.4 Å². The van der Waals surface area contributed by atoms with Crippen LogP contribution in [-0.2, 0) is 45.0 Å². The van der Waals surface area contributed by atoms with Gasteiger partial charge in [0.15, 0.2) is 26.9 Å². The first-order valence-corrected chi connectivity index (χ1v) is 14.9. The predicted molar refractivity (Wildman–Crippen MR) is 140 cm³/mol. The quantitative estimate of drug-likeness (QED) is 0.136. The molecule has 1 unspecified atom stereocenters. The van der Waals surface area contributed by atoms with Crippen LogP contribution in [-0.4, -0.2) is 54.8 Å². The summed E-state index contributed by atoms with van der Waals surface area (Å²) in [5.41, 5.74) is 6.10. The van der Waals surface area contributed by atoms with E-state index in [4.69, 9.17) is 25.8 Å². The van der Waals surface area contributed by atoms with Gasteiger partial charge in [-0.05, 0) is 24.3 Å². The molecule has 6 N–H and O–H groups in total. The van der Waals surface area contributed by atoms with E-state index in [0.29, 0.717) is 0 Å². The van der Waals surface area contributed by atoms with Gasteiger partial charge in [0.2, 0.25) is 0 Å². The van der Waals surface area contributed by atoms with Crippen LogP contribution in [0.5, 0.6) is 11.5 Å². The Bertz CT molecular complexity index is 2060. The Balaban J connectivity index is 1.78. The number of nitrogens with zero attached hydrogens (tertiary/aromatic N) is 1. The van der Waals surface area contributed by atoms with E-state index in [1.165, 1.54) is 24.3 Å². The Morgan fingerprint density at radius 3 is 2.09 bits per heavy atom. The van der Waals surface area contributed by atoms with Gasteiger partial charge in [-0.3, -0.25) is 18.7 Å². The average Bonchev–Trinajstić information content (AvgIpc) is 3.37. The molecule has 1 atom stereocenters. The Labute approximate surface area is 241 Å². The van der Waals surface area contributed by atoms with E-state index in [1.54, 1.807) is 0 Å². The van der Waals surface area contributed by atoms with Gasteiger partial charge in [0.05, 0.1) is 28.1 Å². The number of nitrogens with two attached hydrogens (primary N) is 2. The SMILES string of the molecule is Nc1ccc2c(c1S(=O)(=O)O)Oc1c(c(C(=O)ON3C(=O)CCC3=O)cc(N)c1S(=O)(=O)O)C21OC(=O)c2ccccc21. The summed E-state index contributed by atoms with van der Waals surface area (Å²) in [6.07, 6.45) is -0.529. The highest BCUT2D eigenvalue weighted by Gasteiger charge is 2.58. The number of benzene rings is 3. The Morgan fingerprint density at radius 1 is 0.860 bits per heavy atom. The lowest BCUT2D eigenvalue weighted by Crippen LogP contribution is -2.38. The summed E-state index contributed by atoms with van der Waals surface area (Å²) in [5, 5.41) is 0.192. The zero-order valence-electron chi connectivity index (χ0n) is 21.3. The fraction of sp³-hybridized carbons (Fsp3) is 0.120. The lowest BCUT2D eigenvalue weighted by atomic mass is 9.75. The summed E-state index contributed by atoms with van der Waals surface area (Å²) in [4.78, 5) is 54.0. The number of imide groups is 1. The number of esters is 1. The lowest BCUT2D eigenvalue weighted by Gasteiger charge is -2.38. The highest BCUT2D eigenvalue weighted by molar-refractivity contribution is 7.86. The number of hydroxylamine groups is 2. The third-order valence-corrected chi connectivity index (χ3v) is 8.90. The van der Waals surface area contributed by atoms with Gasteiger partial charge >= 0.3 is 11.9 Å². The summed E-state index contributed by atoms with van der Waals surface area (Å²) in [6, 6.07) is 8.45. The number of hydrogen-bond acceptors (Lipinski definition) is 13. The fourth-order valence-corrected chi connectivity index (χ4v) is 6.87. The van der Waals surface area contributed by atoms with Crippen molar-refractivity contribution in [2.75, 3.05) is 11.5 Å². The normalized spacial score (nSPS) is 19.0. The Kier molecular flexibility index (Phi) is 5.87. The summed E-state index contributed by atoms with van der Waals surface area (Å²) in [7, 11) is -10.6. The molecule has 16 nitrogen and oxygen atoms in total. The van der Waals surface area contributed by atoms with Crippen molar-refractivity contribution in [3.63, 3.8) is 0 Å². The van der Waals surface area contributed by atoms with E-state index in [0.717, 1.165) is 18.2 Å². The maximum atomic E-state index is 13.6. The average molecular weight is 632 g/mol. The topological polar surface area (TPSA) is 260 Å². The minimum Gasteiger partial charge on any atom is -0.453 e. The molecule has 0 aliphatic carbocycles. The molecule has 3 heterocycles. The molecule has 3 aliphatic heterocycles. The third-order valence-electron chi connectivity index (χ3n) is 7.03. The van der Waals surface area contributed by atoms with Gasteiger partial charge in [-0.2, -0.15) is 16.8 Å². The van der Waals surface area contributed by atoms with Crippen molar-refractivity contribution in [1.29, 1.82) is 0 Å². The number of hydrogen-bond donors (Lipinski definition) is 4. The van der Waals surface area contributed by atoms with Crippen molar-refractivity contribution in [1.82, 2.24) is 5.06 Å². The van der Waals surface area contributed by atoms with Crippen LogP contribution in [0.1, 0.15) is 50.2 Å². The van der Waals surface area contributed by atoms with Gasteiger partial charge in [-0.1, -0.05) is 18.2 Å². The van der Waals surface area contributed by atoms with Crippen LogP contribution in [0.25, 0.3) is 0 Å². The zero-order valence-corrected chi connectivity index (χ0v) is 22.9. The summed E-state index contributed by atoms with van der Waals surface area (Å²) < 4.78 is 82.0. The minimum atomic E-state index is -5.36. The van der Waals surface area contributed by atoms with Gasteiger partial charge in [0, 0.05) is 24.0 Å². The van der Waals surface area contributed by atoms with Crippen LogP contribution >= 0.6 is 0 Å². The number of carbonyl (C=O) groups is 4. The van der Waals surface area contributed by atoms with Gasteiger partial charge in [-0.25, -0.2) is 9.59 Å². The maximum Gasteiger partial charge on any atom is 0.364 e. The van der Waals surface area contributed by atoms with Crippen LogP contribution in [0.3, 0.4) is 0 Å². The predicted octanol–water partition coefficient (Wildman–Crippen LogP) is 1.13. The minimum absolute atomic E-state index is 0.0645. The molecule has 1 fully saturated rings. The fourth-order valence-electron chi connectivity index (χ4n) is 5.39. The third kappa shape index (κ3) is 3.95. The van der Waals surface area contributed by atoms with Gasteiger partial charge in [-0.15, -0.1) is 5.06 Å². The summed E-state index contributed by atoms with van der Waals surface area (Å²) >= 11 is 0. The molecule has 3 aromatic carbocycles. The second-order valence-electron chi connectivity index (χ2n) is 9.54. The first kappa shape index (κ1) is 28.1. The van der Waals surface area contributed by atoms with Gasteiger partial charge in [0.1, 0.15) is 0 Å². The number of ether oxygens (including phenoxy) is 2. The molecule has 18 heteroatoms. The molecule has 222 valence electrons. The smallest absolute Gasteiger partial charge is 0.364 e. The second-order valence-corrected chi connectivity index (χ2v) is 12.3. The molecule has 3 aliphatic rings. The van der Waals surface area contributed by atoms with E-state index in [2.05, 4.69) is 0 Å². The number of fused-ring (bicyclic) bond motifs is 6. The molecule has 0 saturated carbocycles. The van der Waals surface area contributed by atoms with E-state index in [1.807, 2.05) is 0 Å². The molecule has 3 aromatic rings.